The molecule has 126 valence electrons. The van der Waals surface area contributed by atoms with Crippen LogP contribution < -0.4 is 0 Å². The maximum atomic E-state index is 13.5. The molecular weight excluding hydrogens is 330 g/mol. The summed E-state index contributed by atoms with van der Waals surface area (Å²) in [4.78, 5) is 4.66. The van der Waals surface area contributed by atoms with Crippen LogP contribution in [0.3, 0.4) is 0 Å². The minimum Gasteiger partial charge on any atom is -0.292 e. The Labute approximate surface area is 148 Å². The van der Waals surface area contributed by atoms with Gasteiger partial charge in [0.15, 0.2) is 0 Å². The summed E-state index contributed by atoms with van der Waals surface area (Å²) in [6.45, 7) is 1.98. The molecule has 0 radical (unpaired) electrons. The van der Waals surface area contributed by atoms with Gasteiger partial charge in [-0.25, -0.2) is 13.8 Å². The molecule has 3 heterocycles. The third-order valence-electron chi connectivity index (χ3n) is 4.83. The number of imidazole rings is 1. The fourth-order valence-electron chi connectivity index (χ4n) is 3.75. The van der Waals surface area contributed by atoms with Crippen LogP contribution in [-0.4, -0.2) is 9.38 Å². The zero-order valence-corrected chi connectivity index (χ0v) is 14.0. The molecule has 5 rings (SSSR count). The van der Waals surface area contributed by atoms with Gasteiger partial charge in [-0.15, -0.1) is 0 Å². The van der Waals surface area contributed by atoms with Gasteiger partial charge in [-0.05, 0) is 54.4 Å². The van der Waals surface area contributed by atoms with E-state index in [9.17, 15) is 8.78 Å². The summed E-state index contributed by atoms with van der Waals surface area (Å²) in [5.41, 5.74) is 7.60. The van der Waals surface area contributed by atoms with Gasteiger partial charge in [-0.2, -0.15) is 0 Å². The lowest BCUT2D eigenvalue weighted by Crippen LogP contribution is -1.85. The fraction of sp³-hybridized carbons (Fsp3) is 0.0455. The van der Waals surface area contributed by atoms with Gasteiger partial charge < -0.3 is 0 Å². The van der Waals surface area contributed by atoms with Crippen LogP contribution in [0, 0.1) is 18.6 Å². The average Bonchev–Trinajstić information content (AvgIpc) is 3.16. The van der Waals surface area contributed by atoms with Gasteiger partial charge in [0, 0.05) is 11.1 Å². The normalized spacial score (nSPS) is 11.7. The summed E-state index contributed by atoms with van der Waals surface area (Å²) >= 11 is 0. The fourth-order valence-corrected chi connectivity index (χ4v) is 3.75. The van der Waals surface area contributed by atoms with E-state index in [-0.39, 0.29) is 11.6 Å². The third-order valence-corrected chi connectivity index (χ3v) is 4.83. The van der Waals surface area contributed by atoms with Crippen molar-refractivity contribution in [3.63, 3.8) is 0 Å². The van der Waals surface area contributed by atoms with E-state index in [0.717, 1.165) is 44.6 Å². The molecule has 4 heteroatoms. The summed E-state index contributed by atoms with van der Waals surface area (Å²) in [5, 5.41) is 0. The Bertz CT molecular complexity index is 1240. The van der Waals surface area contributed by atoms with E-state index >= 15 is 0 Å². The number of hydrogen-bond donors (Lipinski definition) is 0. The van der Waals surface area contributed by atoms with E-state index in [2.05, 4.69) is 9.38 Å². The van der Waals surface area contributed by atoms with Crippen LogP contribution in [0.5, 0.6) is 0 Å². The van der Waals surface area contributed by atoms with Crippen LogP contribution in [-0.2, 0) is 0 Å². The third kappa shape index (κ3) is 2.05. The van der Waals surface area contributed by atoms with Crippen LogP contribution in [0.4, 0.5) is 8.78 Å². The van der Waals surface area contributed by atoms with Crippen LogP contribution in [0.2, 0.25) is 0 Å². The van der Waals surface area contributed by atoms with Crippen molar-refractivity contribution in [1.29, 1.82) is 0 Å². The second-order valence-corrected chi connectivity index (χ2v) is 6.41. The minimum absolute atomic E-state index is 0.272. The summed E-state index contributed by atoms with van der Waals surface area (Å²) in [7, 11) is 0. The van der Waals surface area contributed by atoms with Crippen molar-refractivity contribution >= 4 is 16.7 Å². The molecule has 0 amide bonds. The summed E-state index contributed by atoms with van der Waals surface area (Å²) in [6, 6.07) is 18.9. The number of halogens is 2. The molecule has 0 aliphatic carbocycles. The van der Waals surface area contributed by atoms with Gasteiger partial charge in [0.1, 0.15) is 17.3 Å². The van der Waals surface area contributed by atoms with Crippen molar-refractivity contribution in [2.75, 3.05) is 0 Å². The highest BCUT2D eigenvalue weighted by Gasteiger charge is 2.22. The maximum Gasteiger partial charge on any atom is 0.138 e. The number of benzene rings is 2. The molecule has 0 aliphatic heterocycles. The first kappa shape index (κ1) is 15.0. The molecule has 0 aliphatic rings. The Hall–Kier alpha value is -3.27. The molecule has 0 atom stereocenters. The molecule has 0 spiro atoms. The Morgan fingerprint density at radius 1 is 0.731 bits per heavy atom. The first-order valence-corrected chi connectivity index (χ1v) is 8.38. The SMILES string of the molecule is Cc1nc2cccc3c(-c4ccc(F)cc4)c(-c4ccc(F)cc4)c1n23. The summed E-state index contributed by atoms with van der Waals surface area (Å²) in [6.07, 6.45) is 0. The van der Waals surface area contributed by atoms with Crippen molar-refractivity contribution in [2.45, 2.75) is 6.92 Å². The van der Waals surface area contributed by atoms with Gasteiger partial charge in [0.2, 0.25) is 0 Å². The van der Waals surface area contributed by atoms with Crippen molar-refractivity contribution < 1.29 is 8.78 Å². The van der Waals surface area contributed by atoms with Crippen molar-refractivity contribution in [3.8, 4) is 22.3 Å². The Kier molecular flexibility index (Phi) is 3.10. The highest BCUT2D eigenvalue weighted by Crippen LogP contribution is 2.43. The summed E-state index contributed by atoms with van der Waals surface area (Å²) < 4.78 is 29.1. The standard InChI is InChI=1S/C22H14F2N2/c1-13-22-21(15-7-11-17(24)12-8-15)20(14-5-9-16(23)10-6-14)18-3-2-4-19(25-13)26(18)22/h2-12H,1H3. The molecule has 3 aromatic heterocycles. The highest BCUT2D eigenvalue weighted by molar-refractivity contribution is 6.06. The average molecular weight is 344 g/mol. The first-order chi connectivity index (χ1) is 12.6. The second-order valence-electron chi connectivity index (χ2n) is 6.41. The summed E-state index contributed by atoms with van der Waals surface area (Å²) in [5.74, 6) is -0.547. The van der Waals surface area contributed by atoms with Crippen LogP contribution >= 0.6 is 0 Å². The van der Waals surface area contributed by atoms with Gasteiger partial charge in [0.05, 0.1) is 16.7 Å². The molecule has 5 aromatic rings. The van der Waals surface area contributed by atoms with Crippen molar-refractivity contribution in [1.82, 2.24) is 9.38 Å². The van der Waals surface area contributed by atoms with Gasteiger partial charge >= 0.3 is 0 Å². The first-order valence-electron chi connectivity index (χ1n) is 8.38. The molecule has 2 nitrogen and oxygen atoms in total. The van der Waals surface area contributed by atoms with E-state index < -0.39 is 0 Å². The Morgan fingerprint density at radius 2 is 1.31 bits per heavy atom. The number of rotatable bonds is 2. The topological polar surface area (TPSA) is 17.3 Å². The van der Waals surface area contributed by atoms with Gasteiger partial charge in [0.25, 0.3) is 0 Å². The van der Waals surface area contributed by atoms with E-state index in [1.807, 2.05) is 25.1 Å². The quantitative estimate of drug-likeness (QED) is 0.393. The molecule has 2 aromatic carbocycles. The van der Waals surface area contributed by atoms with Crippen molar-refractivity contribution in [3.05, 3.63) is 84.1 Å². The predicted octanol–water partition coefficient (Wildman–Crippen LogP) is 5.85. The van der Waals surface area contributed by atoms with E-state index in [1.54, 1.807) is 24.3 Å². The van der Waals surface area contributed by atoms with Crippen molar-refractivity contribution in [2.24, 2.45) is 0 Å². The number of hydrogen-bond acceptors (Lipinski definition) is 1. The van der Waals surface area contributed by atoms with Crippen LogP contribution in [0.15, 0.2) is 66.7 Å². The molecule has 0 N–H and O–H groups in total. The lowest BCUT2D eigenvalue weighted by Gasteiger charge is -2.07. The largest absolute Gasteiger partial charge is 0.292 e. The lowest BCUT2D eigenvalue weighted by atomic mass is 9.95. The second kappa shape index (κ2) is 5.36. The minimum atomic E-state index is -0.275. The van der Waals surface area contributed by atoms with Crippen LogP contribution in [0.1, 0.15) is 5.69 Å². The molecular formula is C22H14F2N2. The van der Waals surface area contributed by atoms with E-state index in [0.29, 0.717) is 0 Å². The predicted molar refractivity (Wildman–Crippen MR) is 99.4 cm³/mol. The molecule has 0 fully saturated rings. The highest BCUT2D eigenvalue weighted by atomic mass is 19.1. The Balaban J connectivity index is 1.96. The molecule has 0 saturated carbocycles. The monoisotopic (exact) mass is 344 g/mol. The Morgan fingerprint density at radius 3 is 1.92 bits per heavy atom. The zero-order valence-electron chi connectivity index (χ0n) is 14.0. The molecule has 0 unspecified atom stereocenters. The molecule has 0 bridgehead atoms. The number of pyridine rings is 1. The molecule has 0 saturated heterocycles. The van der Waals surface area contributed by atoms with Crippen LogP contribution in [0.25, 0.3) is 38.9 Å². The number of aryl methyl sites for hydroxylation is 1. The lowest BCUT2D eigenvalue weighted by molar-refractivity contribution is 0.627. The number of aromatic nitrogens is 2. The van der Waals surface area contributed by atoms with Gasteiger partial charge in [-0.1, -0.05) is 30.3 Å². The van der Waals surface area contributed by atoms with Gasteiger partial charge in [-0.3, -0.25) is 4.40 Å². The van der Waals surface area contributed by atoms with E-state index in [1.165, 1.54) is 24.3 Å². The molecule has 26 heavy (non-hydrogen) atoms. The van der Waals surface area contributed by atoms with E-state index in [4.69, 9.17) is 0 Å². The smallest absolute Gasteiger partial charge is 0.138 e. The maximum absolute atomic E-state index is 13.5. The zero-order chi connectivity index (χ0) is 17.8. The number of nitrogens with zero attached hydrogens (tertiary/aromatic N) is 2.